The number of carbonyl (C=O) groups is 1. The molecule has 1 aromatic carbocycles. The normalized spacial score (nSPS) is 10.0. The maximum Gasteiger partial charge on any atom is 0.243 e. The molecule has 1 heterocycles. The Balaban J connectivity index is 1.86. The van der Waals surface area contributed by atoms with Gasteiger partial charge in [-0.15, -0.1) is 0 Å². The Morgan fingerprint density at radius 3 is 2.95 bits per heavy atom. The first-order valence-electron chi connectivity index (χ1n) is 5.85. The molecule has 1 amide bonds. The molecule has 0 atom stereocenters. The van der Waals surface area contributed by atoms with Crippen LogP contribution in [0.4, 0.5) is 11.5 Å². The number of ether oxygens (including phenoxy) is 1. The molecule has 2 N–H and O–H groups in total. The molecular formula is C13H16N4O2. The van der Waals surface area contributed by atoms with Crippen LogP contribution in [0, 0.1) is 0 Å². The predicted molar refractivity (Wildman–Crippen MR) is 73.3 cm³/mol. The van der Waals surface area contributed by atoms with Gasteiger partial charge in [-0.1, -0.05) is 6.07 Å². The molecule has 19 heavy (non-hydrogen) atoms. The number of aromatic nitrogens is 2. The quantitative estimate of drug-likeness (QED) is 0.854. The minimum Gasteiger partial charge on any atom is -0.497 e. The first kappa shape index (κ1) is 12.9. The van der Waals surface area contributed by atoms with E-state index in [-0.39, 0.29) is 12.5 Å². The van der Waals surface area contributed by atoms with Crippen molar-refractivity contribution in [1.29, 1.82) is 0 Å². The summed E-state index contributed by atoms with van der Waals surface area (Å²) in [5.41, 5.74) is 0.701. The predicted octanol–water partition coefficient (Wildman–Crippen LogP) is 1.48. The summed E-state index contributed by atoms with van der Waals surface area (Å²) in [6.07, 6.45) is 1.81. The molecule has 2 rings (SSSR count). The van der Waals surface area contributed by atoms with Crippen molar-refractivity contribution in [3.05, 3.63) is 36.5 Å². The Morgan fingerprint density at radius 2 is 2.26 bits per heavy atom. The van der Waals surface area contributed by atoms with Crippen LogP contribution in [0.2, 0.25) is 0 Å². The molecule has 0 aliphatic heterocycles. The summed E-state index contributed by atoms with van der Waals surface area (Å²) in [5, 5.41) is 9.84. The van der Waals surface area contributed by atoms with Crippen LogP contribution in [0.15, 0.2) is 36.5 Å². The maximum atomic E-state index is 11.7. The lowest BCUT2D eigenvalue weighted by molar-refractivity contribution is -0.114. The van der Waals surface area contributed by atoms with Crippen molar-refractivity contribution >= 4 is 17.4 Å². The summed E-state index contributed by atoms with van der Waals surface area (Å²) >= 11 is 0. The van der Waals surface area contributed by atoms with Gasteiger partial charge in [0, 0.05) is 31.1 Å². The average Bonchev–Trinajstić information content (AvgIpc) is 2.82. The molecular weight excluding hydrogens is 244 g/mol. The number of nitrogens with one attached hydrogen (secondary N) is 2. The molecule has 0 aliphatic carbocycles. The fourth-order valence-electron chi connectivity index (χ4n) is 1.59. The van der Waals surface area contributed by atoms with Gasteiger partial charge in [-0.25, -0.2) is 0 Å². The SMILES string of the molecule is COc1cccc(NC(=O)CNc2ccn(C)n2)c1. The lowest BCUT2D eigenvalue weighted by atomic mass is 10.3. The van der Waals surface area contributed by atoms with E-state index in [1.807, 2.05) is 25.4 Å². The summed E-state index contributed by atoms with van der Waals surface area (Å²) < 4.78 is 6.76. The molecule has 0 spiro atoms. The molecule has 6 nitrogen and oxygen atoms in total. The van der Waals surface area contributed by atoms with Crippen molar-refractivity contribution in [1.82, 2.24) is 9.78 Å². The minimum atomic E-state index is -0.140. The smallest absolute Gasteiger partial charge is 0.243 e. The fraction of sp³-hybridized carbons (Fsp3) is 0.231. The summed E-state index contributed by atoms with van der Waals surface area (Å²) in [6.45, 7) is 0.161. The van der Waals surface area contributed by atoms with Gasteiger partial charge in [0.15, 0.2) is 0 Å². The first-order chi connectivity index (χ1) is 9.17. The van der Waals surface area contributed by atoms with Crippen LogP contribution < -0.4 is 15.4 Å². The molecule has 0 saturated carbocycles. The summed E-state index contributed by atoms with van der Waals surface area (Å²) in [6, 6.07) is 9.01. The molecule has 0 radical (unpaired) electrons. The Labute approximate surface area is 111 Å². The number of nitrogens with zero attached hydrogens (tertiary/aromatic N) is 2. The second-order valence-electron chi connectivity index (χ2n) is 4.01. The molecule has 2 aromatic rings. The van der Waals surface area contributed by atoms with E-state index in [0.717, 1.165) is 0 Å². The van der Waals surface area contributed by atoms with Gasteiger partial charge in [-0.2, -0.15) is 5.10 Å². The second kappa shape index (κ2) is 5.90. The number of methoxy groups -OCH3 is 1. The molecule has 0 saturated heterocycles. The van der Waals surface area contributed by atoms with Gasteiger partial charge >= 0.3 is 0 Å². The van der Waals surface area contributed by atoms with Gasteiger partial charge < -0.3 is 15.4 Å². The highest BCUT2D eigenvalue weighted by Gasteiger charge is 2.04. The van der Waals surface area contributed by atoms with Crippen LogP contribution in [-0.2, 0) is 11.8 Å². The third-order valence-corrected chi connectivity index (χ3v) is 2.50. The van der Waals surface area contributed by atoms with E-state index < -0.39 is 0 Å². The Morgan fingerprint density at radius 1 is 1.42 bits per heavy atom. The summed E-state index contributed by atoms with van der Waals surface area (Å²) in [7, 11) is 3.41. The first-order valence-corrected chi connectivity index (χ1v) is 5.85. The highest BCUT2D eigenvalue weighted by Crippen LogP contribution is 2.16. The van der Waals surface area contributed by atoms with E-state index >= 15 is 0 Å². The second-order valence-corrected chi connectivity index (χ2v) is 4.01. The third-order valence-electron chi connectivity index (χ3n) is 2.50. The molecule has 0 bridgehead atoms. The Bertz CT molecular complexity index is 565. The van der Waals surface area contributed by atoms with Crippen molar-refractivity contribution in [2.24, 2.45) is 7.05 Å². The van der Waals surface area contributed by atoms with Crippen LogP contribution in [0.3, 0.4) is 0 Å². The molecule has 6 heteroatoms. The highest BCUT2D eigenvalue weighted by molar-refractivity contribution is 5.93. The third kappa shape index (κ3) is 3.74. The zero-order chi connectivity index (χ0) is 13.7. The van der Waals surface area contributed by atoms with Crippen molar-refractivity contribution in [3.63, 3.8) is 0 Å². The van der Waals surface area contributed by atoms with E-state index in [4.69, 9.17) is 4.74 Å². The molecule has 0 unspecified atom stereocenters. The zero-order valence-corrected chi connectivity index (χ0v) is 10.9. The van der Waals surface area contributed by atoms with Crippen molar-refractivity contribution in [2.45, 2.75) is 0 Å². The zero-order valence-electron chi connectivity index (χ0n) is 10.9. The number of benzene rings is 1. The van der Waals surface area contributed by atoms with Gasteiger partial charge in [0.25, 0.3) is 0 Å². The van der Waals surface area contributed by atoms with Gasteiger partial charge in [-0.3, -0.25) is 9.48 Å². The number of anilines is 2. The summed E-state index contributed by atoms with van der Waals surface area (Å²) in [4.78, 5) is 11.7. The number of aryl methyl sites for hydroxylation is 1. The van der Waals surface area contributed by atoms with E-state index in [9.17, 15) is 4.79 Å². The number of hydrogen-bond donors (Lipinski definition) is 2. The van der Waals surface area contributed by atoms with Crippen molar-refractivity contribution in [3.8, 4) is 5.75 Å². The number of carbonyl (C=O) groups excluding carboxylic acids is 1. The molecule has 1 aromatic heterocycles. The molecule has 0 aliphatic rings. The monoisotopic (exact) mass is 260 g/mol. The van der Waals surface area contributed by atoms with Crippen LogP contribution in [0.1, 0.15) is 0 Å². The minimum absolute atomic E-state index is 0.140. The van der Waals surface area contributed by atoms with Gasteiger partial charge in [-0.05, 0) is 12.1 Å². The van der Waals surface area contributed by atoms with Gasteiger partial charge in [0.1, 0.15) is 11.6 Å². The standard InChI is InChI=1S/C13H16N4O2/c1-17-7-6-12(16-17)14-9-13(18)15-10-4-3-5-11(8-10)19-2/h3-8H,9H2,1-2H3,(H,14,16)(H,15,18). The van der Waals surface area contributed by atoms with E-state index in [1.54, 1.807) is 30.0 Å². The molecule has 100 valence electrons. The van der Waals surface area contributed by atoms with Crippen LogP contribution in [-0.4, -0.2) is 29.3 Å². The highest BCUT2D eigenvalue weighted by atomic mass is 16.5. The topological polar surface area (TPSA) is 68.2 Å². The number of rotatable bonds is 5. The Kier molecular flexibility index (Phi) is 4.02. The Hall–Kier alpha value is -2.50. The summed E-state index contributed by atoms with van der Waals surface area (Å²) in [5.74, 6) is 1.23. The number of hydrogen-bond acceptors (Lipinski definition) is 4. The van der Waals surface area contributed by atoms with Crippen molar-refractivity contribution in [2.75, 3.05) is 24.3 Å². The van der Waals surface area contributed by atoms with E-state index in [0.29, 0.717) is 17.3 Å². The lowest BCUT2D eigenvalue weighted by Gasteiger charge is -2.07. The van der Waals surface area contributed by atoms with Crippen molar-refractivity contribution < 1.29 is 9.53 Å². The van der Waals surface area contributed by atoms with Gasteiger partial charge in [0.05, 0.1) is 13.7 Å². The van der Waals surface area contributed by atoms with Gasteiger partial charge in [0.2, 0.25) is 5.91 Å². The molecule has 0 fully saturated rings. The maximum absolute atomic E-state index is 11.7. The van der Waals surface area contributed by atoms with E-state index in [2.05, 4.69) is 15.7 Å². The average molecular weight is 260 g/mol. The van der Waals surface area contributed by atoms with Crippen LogP contribution >= 0.6 is 0 Å². The number of amides is 1. The largest absolute Gasteiger partial charge is 0.497 e. The van der Waals surface area contributed by atoms with Crippen LogP contribution in [0.5, 0.6) is 5.75 Å². The fourth-order valence-corrected chi connectivity index (χ4v) is 1.59. The van der Waals surface area contributed by atoms with Crippen LogP contribution in [0.25, 0.3) is 0 Å². The van der Waals surface area contributed by atoms with E-state index in [1.165, 1.54) is 0 Å². The lowest BCUT2D eigenvalue weighted by Crippen LogP contribution is -2.21.